The SMILES string of the molecule is O=P(O)(O)OP(=O)(O)O.[AlH3].[Ca+2].[H-].[H-].[Zr]. The van der Waals surface area contributed by atoms with Crippen molar-refractivity contribution in [3.05, 3.63) is 0 Å². The van der Waals surface area contributed by atoms with Crippen molar-refractivity contribution in [1.29, 1.82) is 0 Å². The molecular weight excluding hydrogens is 332 g/mol. The van der Waals surface area contributed by atoms with E-state index < -0.39 is 15.6 Å². The first-order chi connectivity index (χ1) is 3.71. The van der Waals surface area contributed by atoms with Crippen molar-refractivity contribution in [2.24, 2.45) is 0 Å². The standard InChI is InChI=1S/Al.Ca.H4O7P2.Zr.5H/c;;1-8(2,3)7-9(4,5)6;;;;;;/h;;(H2,1,2,3)(H2,4,5,6);;;;;;/q;+2;;;;;;2*-1. The predicted molar refractivity (Wildman–Crippen MR) is 43.1 cm³/mol. The second-order valence-corrected chi connectivity index (χ2v) is 3.68. The molecule has 0 atom stereocenters. The van der Waals surface area contributed by atoms with E-state index in [-0.39, 0.29) is 84.2 Å². The molecule has 4 N–H and O–H groups in total. The van der Waals surface area contributed by atoms with Gasteiger partial charge in [-0.05, 0) is 0 Å². The molecule has 0 radical (unpaired) electrons. The zero-order valence-corrected chi connectivity index (χ0v) is 11.6. The van der Waals surface area contributed by atoms with Gasteiger partial charge in [0.2, 0.25) is 0 Å². The second-order valence-electron chi connectivity index (χ2n) is 1.06. The van der Waals surface area contributed by atoms with Gasteiger partial charge in [0.15, 0.2) is 17.4 Å². The Morgan fingerprint density at radius 1 is 1.00 bits per heavy atom. The van der Waals surface area contributed by atoms with Gasteiger partial charge < -0.3 is 22.4 Å². The van der Waals surface area contributed by atoms with Crippen LogP contribution < -0.4 is 0 Å². The third-order valence-electron chi connectivity index (χ3n) is 0.213. The minimum atomic E-state index is -5.05. The van der Waals surface area contributed by atoms with E-state index in [1.165, 1.54) is 0 Å². The van der Waals surface area contributed by atoms with E-state index >= 15 is 0 Å². The van der Waals surface area contributed by atoms with Gasteiger partial charge >= 0.3 is 53.4 Å². The Hall–Kier alpha value is 2.94. The fraction of sp³-hybridized carbons (Fsp3) is 0. The maximum absolute atomic E-state index is 9.63. The largest absolute Gasteiger partial charge is 2.00 e. The van der Waals surface area contributed by atoms with E-state index in [0.717, 1.165) is 0 Å². The van der Waals surface area contributed by atoms with Crippen LogP contribution in [0.4, 0.5) is 0 Å². The van der Waals surface area contributed by atoms with Crippen LogP contribution >= 0.6 is 15.6 Å². The molecule has 0 fully saturated rings. The van der Waals surface area contributed by atoms with Crippen LogP contribution in [0.2, 0.25) is 0 Å². The molecule has 0 spiro atoms. The Labute approximate surface area is 131 Å². The Kier molecular flexibility index (Phi) is 18.6. The third-order valence-corrected chi connectivity index (χ3v) is 1.91. The fourth-order valence-corrected chi connectivity index (χ4v) is 1.25. The molecular formula is H9AlCaO7P2Zr. The summed E-state index contributed by atoms with van der Waals surface area (Å²) in [6.07, 6.45) is 0. The number of phosphoric acid groups is 2. The topological polar surface area (TPSA) is 124 Å². The van der Waals surface area contributed by atoms with Gasteiger partial charge in [-0.15, -0.1) is 0 Å². The summed E-state index contributed by atoms with van der Waals surface area (Å²) in [5.41, 5.74) is 0. The summed E-state index contributed by atoms with van der Waals surface area (Å²) in [5, 5.41) is 0. The fourth-order valence-electron chi connectivity index (χ4n) is 0.139. The first-order valence-corrected chi connectivity index (χ1v) is 4.59. The molecule has 70 valence electrons. The molecule has 0 aliphatic heterocycles. The summed E-state index contributed by atoms with van der Waals surface area (Å²) in [7, 11) is -10.1. The van der Waals surface area contributed by atoms with Gasteiger partial charge in [0.1, 0.15) is 0 Å². The van der Waals surface area contributed by atoms with Crippen molar-refractivity contribution in [3.63, 3.8) is 0 Å². The van der Waals surface area contributed by atoms with E-state index in [2.05, 4.69) is 4.31 Å². The molecule has 0 heterocycles. The molecule has 0 aromatic heterocycles. The second kappa shape index (κ2) is 9.18. The Bertz CT molecular complexity index is 170. The van der Waals surface area contributed by atoms with Crippen molar-refractivity contribution in [2.75, 3.05) is 0 Å². The predicted octanol–water partition coefficient (Wildman–Crippen LogP) is -2.15. The Morgan fingerprint density at radius 3 is 1.17 bits per heavy atom. The van der Waals surface area contributed by atoms with Gasteiger partial charge in [0, 0.05) is 26.2 Å². The van der Waals surface area contributed by atoms with Gasteiger partial charge in [0.05, 0.1) is 0 Å². The maximum Gasteiger partial charge on any atom is 2.00 e. The molecule has 0 aliphatic carbocycles. The minimum Gasteiger partial charge on any atom is -1.00 e. The number of hydrogen-bond acceptors (Lipinski definition) is 3. The molecule has 0 saturated carbocycles. The zero-order chi connectivity index (χ0) is 7.71. The van der Waals surface area contributed by atoms with Crippen LogP contribution in [0.15, 0.2) is 0 Å². The van der Waals surface area contributed by atoms with Crippen LogP contribution in [0.1, 0.15) is 2.85 Å². The summed E-state index contributed by atoms with van der Waals surface area (Å²) in [6.45, 7) is 0. The summed E-state index contributed by atoms with van der Waals surface area (Å²) in [4.78, 5) is 31.0. The van der Waals surface area contributed by atoms with E-state index in [1.54, 1.807) is 0 Å². The van der Waals surface area contributed by atoms with Crippen LogP contribution in [0, 0.1) is 0 Å². The number of hydrogen-bond donors (Lipinski definition) is 4. The quantitative estimate of drug-likeness (QED) is 0.333. The van der Waals surface area contributed by atoms with Crippen LogP contribution in [-0.2, 0) is 39.6 Å². The van der Waals surface area contributed by atoms with E-state index in [9.17, 15) is 9.13 Å². The molecule has 0 bridgehead atoms. The monoisotopic (exact) mass is 340 g/mol. The molecule has 7 nitrogen and oxygen atoms in total. The molecule has 0 amide bonds. The van der Waals surface area contributed by atoms with Gasteiger partial charge in [-0.3, -0.25) is 0 Å². The van der Waals surface area contributed by atoms with Crippen molar-refractivity contribution in [1.82, 2.24) is 0 Å². The van der Waals surface area contributed by atoms with E-state index in [4.69, 9.17) is 19.6 Å². The normalized spacial score (nSPS) is 10.3. The molecule has 0 saturated heterocycles. The Balaban J connectivity index is -0.0000000320. The summed E-state index contributed by atoms with van der Waals surface area (Å²) in [5.74, 6) is 0. The third kappa shape index (κ3) is 23.1. The molecule has 0 aromatic rings. The molecule has 12 heteroatoms. The molecule has 0 unspecified atom stereocenters. The molecule has 0 aromatic carbocycles. The van der Waals surface area contributed by atoms with Crippen LogP contribution in [0.3, 0.4) is 0 Å². The van der Waals surface area contributed by atoms with Crippen molar-refractivity contribution >= 4 is 70.7 Å². The number of rotatable bonds is 2. The van der Waals surface area contributed by atoms with Crippen LogP contribution in [-0.4, -0.2) is 74.7 Å². The summed E-state index contributed by atoms with van der Waals surface area (Å²) in [6, 6.07) is 0. The van der Waals surface area contributed by atoms with Crippen molar-refractivity contribution < 1.29 is 62.1 Å². The van der Waals surface area contributed by atoms with E-state index in [0.29, 0.717) is 0 Å². The molecule has 0 aliphatic rings. The average molecular weight is 341 g/mol. The van der Waals surface area contributed by atoms with Crippen LogP contribution in [0.25, 0.3) is 0 Å². The first kappa shape index (κ1) is 24.3. The van der Waals surface area contributed by atoms with Gasteiger partial charge in [-0.25, -0.2) is 9.13 Å². The maximum atomic E-state index is 9.63. The zero-order valence-electron chi connectivity index (χ0n) is 7.12. The first-order valence-electron chi connectivity index (χ1n) is 1.53. The Morgan fingerprint density at radius 2 is 1.17 bits per heavy atom. The summed E-state index contributed by atoms with van der Waals surface area (Å²) >= 11 is 0. The van der Waals surface area contributed by atoms with Crippen molar-refractivity contribution in [2.45, 2.75) is 0 Å². The average Bonchev–Trinajstić information content (AvgIpc) is 1.14. The van der Waals surface area contributed by atoms with Crippen molar-refractivity contribution in [3.8, 4) is 0 Å². The van der Waals surface area contributed by atoms with Gasteiger partial charge in [0.25, 0.3) is 0 Å². The smallest absolute Gasteiger partial charge is 1.00 e. The molecule has 0 rings (SSSR count). The molecule has 12 heavy (non-hydrogen) atoms. The van der Waals surface area contributed by atoms with Gasteiger partial charge in [-0.2, -0.15) is 4.31 Å². The van der Waals surface area contributed by atoms with Crippen LogP contribution in [0.5, 0.6) is 0 Å². The summed E-state index contributed by atoms with van der Waals surface area (Å²) < 4.78 is 22.2. The van der Waals surface area contributed by atoms with E-state index in [1.807, 2.05) is 0 Å². The minimum absolute atomic E-state index is 0. The van der Waals surface area contributed by atoms with Gasteiger partial charge in [-0.1, -0.05) is 0 Å².